The lowest BCUT2D eigenvalue weighted by atomic mass is 10.1. The highest BCUT2D eigenvalue weighted by Gasteiger charge is 2.19. The summed E-state index contributed by atoms with van der Waals surface area (Å²) in [6.45, 7) is 5.84. The molecule has 2 aromatic carbocycles. The Kier molecular flexibility index (Phi) is 8.37. The Bertz CT molecular complexity index is 838. The molecule has 30 heavy (non-hydrogen) atoms. The SMILES string of the molecule is COc1ccc(C(=O)Oc2ccccc2CN2CCN(CCCCl)CC2)cc1OC. The number of alkyl halides is 1. The second-order valence-corrected chi connectivity index (χ2v) is 7.61. The summed E-state index contributed by atoms with van der Waals surface area (Å²) < 4.78 is 16.2. The molecule has 0 aromatic heterocycles. The third kappa shape index (κ3) is 5.88. The first-order chi connectivity index (χ1) is 14.6. The summed E-state index contributed by atoms with van der Waals surface area (Å²) in [5, 5.41) is 0. The van der Waals surface area contributed by atoms with E-state index in [0.717, 1.165) is 51.3 Å². The van der Waals surface area contributed by atoms with Crippen molar-refractivity contribution >= 4 is 17.6 Å². The van der Waals surface area contributed by atoms with Crippen LogP contribution in [0.15, 0.2) is 42.5 Å². The van der Waals surface area contributed by atoms with Gasteiger partial charge in [0, 0.05) is 44.2 Å². The molecule has 0 saturated carbocycles. The first-order valence-electron chi connectivity index (χ1n) is 10.2. The monoisotopic (exact) mass is 432 g/mol. The summed E-state index contributed by atoms with van der Waals surface area (Å²) in [6.07, 6.45) is 1.02. The van der Waals surface area contributed by atoms with Crippen molar-refractivity contribution in [1.82, 2.24) is 9.80 Å². The molecule has 7 heteroatoms. The summed E-state index contributed by atoms with van der Waals surface area (Å²) in [5.74, 6) is 1.93. The van der Waals surface area contributed by atoms with Crippen LogP contribution < -0.4 is 14.2 Å². The van der Waals surface area contributed by atoms with Gasteiger partial charge in [0.2, 0.25) is 0 Å². The fraction of sp³-hybridized carbons (Fsp3) is 0.435. The van der Waals surface area contributed by atoms with Crippen LogP contribution in [0.25, 0.3) is 0 Å². The first kappa shape index (κ1) is 22.4. The van der Waals surface area contributed by atoms with Crippen LogP contribution in [0.3, 0.4) is 0 Å². The average Bonchev–Trinajstić information content (AvgIpc) is 2.79. The molecule has 0 atom stereocenters. The molecule has 0 bridgehead atoms. The fourth-order valence-corrected chi connectivity index (χ4v) is 3.67. The fourth-order valence-electron chi connectivity index (χ4n) is 3.55. The number of halogens is 1. The lowest BCUT2D eigenvalue weighted by molar-refractivity contribution is 0.0729. The van der Waals surface area contributed by atoms with Gasteiger partial charge in [-0.3, -0.25) is 4.90 Å². The van der Waals surface area contributed by atoms with Crippen molar-refractivity contribution in [2.75, 3.05) is 52.8 Å². The number of hydrogen-bond acceptors (Lipinski definition) is 6. The highest BCUT2D eigenvalue weighted by atomic mass is 35.5. The molecule has 162 valence electrons. The van der Waals surface area contributed by atoms with E-state index in [1.54, 1.807) is 25.3 Å². The minimum atomic E-state index is -0.422. The highest BCUT2D eigenvalue weighted by molar-refractivity contribution is 6.17. The maximum Gasteiger partial charge on any atom is 0.343 e. The van der Waals surface area contributed by atoms with Gasteiger partial charge in [0.05, 0.1) is 19.8 Å². The second-order valence-electron chi connectivity index (χ2n) is 7.23. The molecular formula is C23H29ClN2O4. The Labute approximate surface area is 183 Å². The molecule has 1 fully saturated rings. The maximum absolute atomic E-state index is 12.7. The average molecular weight is 433 g/mol. The Balaban J connectivity index is 1.64. The van der Waals surface area contributed by atoms with Crippen LogP contribution in [0.4, 0.5) is 0 Å². The number of carbonyl (C=O) groups excluding carboxylic acids is 1. The van der Waals surface area contributed by atoms with Gasteiger partial charge >= 0.3 is 5.97 Å². The summed E-state index contributed by atoms with van der Waals surface area (Å²) >= 11 is 5.80. The van der Waals surface area contributed by atoms with Crippen molar-refractivity contribution in [1.29, 1.82) is 0 Å². The standard InChI is InChI=1S/C23H29ClN2O4/c1-28-21-9-8-18(16-22(21)29-2)23(27)30-20-7-4-3-6-19(20)17-26-14-12-25(13-15-26)11-5-10-24/h3-4,6-9,16H,5,10-15,17H2,1-2H3. The number of hydrogen-bond donors (Lipinski definition) is 0. The van der Waals surface area contributed by atoms with Crippen LogP contribution in [0.5, 0.6) is 17.2 Å². The van der Waals surface area contributed by atoms with Crippen molar-refractivity contribution in [2.45, 2.75) is 13.0 Å². The van der Waals surface area contributed by atoms with Crippen molar-refractivity contribution in [2.24, 2.45) is 0 Å². The van der Waals surface area contributed by atoms with E-state index in [1.165, 1.54) is 7.11 Å². The van der Waals surface area contributed by atoms with Gasteiger partial charge in [-0.2, -0.15) is 0 Å². The number of rotatable bonds is 9. The maximum atomic E-state index is 12.7. The number of methoxy groups -OCH3 is 2. The Morgan fingerprint density at radius 1 is 0.933 bits per heavy atom. The summed E-state index contributed by atoms with van der Waals surface area (Å²) in [6, 6.07) is 12.7. The quantitative estimate of drug-likeness (QED) is 0.342. The lowest BCUT2D eigenvalue weighted by Gasteiger charge is -2.34. The number of benzene rings is 2. The highest BCUT2D eigenvalue weighted by Crippen LogP contribution is 2.28. The van der Waals surface area contributed by atoms with Gasteiger partial charge in [-0.15, -0.1) is 11.6 Å². The van der Waals surface area contributed by atoms with Crippen LogP contribution in [0.2, 0.25) is 0 Å². The molecule has 2 aromatic rings. The zero-order valence-corrected chi connectivity index (χ0v) is 18.4. The normalized spacial score (nSPS) is 15.0. The van der Waals surface area contributed by atoms with Crippen molar-refractivity contribution in [3.8, 4) is 17.2 Å². The molecule has 1 heterocycles. The number of carbonyl (C=O) groups is 1. The topological polar surface area (TPSA) is 51.2 Å². The zero-order valence-electron chi connectivity index (χ0n) is 17.6. The van der Waals surface area contributed by atoms with Crippen LogP contribution in [-0.4, -0.2) is 68.6 Å². The summed E-state index contributed by atoms with van der Waals surface area (Å²) in [4.78, 5) is 17.6. The van der Waals surface area contributed by atoms with E-state index in [0.29, 0.717) is 28.7 Å². The number of esters is 1. The van der Waals surface area contributed by atoms with E-state index in [4.69, 9.17) is 25.8 Å². The molecule has 3 rings (SSSR count). The molecule has 0 amide bonds. The van der Waals surface area contributed by atoms with E-state index in [1.807, 2.05) is 24.3 Å². The second kappa shape index (κ2) is 11.2. The van der Waals surface area contributed by atoms with Crippen LogP contribution in [0, 0.1) is 0 Å². The van der Waals surface area contributed by atoms with Gasteiger partial charge in [-0.05, 0) is 37.2 Å². The molecule has 0 N–H and O–H groups in total. The molecule has 1 aliphatic heterocycles. The molecular weight excluding hydrogens is 404 g/mol. The zero-order chi connectivity index (χ0) is 21.3. The number of para-hydroxylation sites is 1. The van der Waals surface area contributed by atoms with Crippen LogP contribution >= 0.6 is 11.6 Å². The van der Waals surface area contributed by atoms with Crippen molar-refractivity contribution in [3.63, 3.8) is 0 Å². The smallest absolute Gasteiger partial charge is 0.343 e. The minimum Gasteiger partial charge on any atom is -0.493 e. The number of piperazine rings is 1. The van der Waals surface area contributed by atoms with Crippen molar-refractivity contribution in [3.05, 3.63) is 53.6 Å². The van der Waals surface area contributed by atoms with Gasteiger partial charge < -0.3 is 19.1 Å². The largest absolute Gasteiger partial charge is 0.493 e. The molecule has 0 radical (unpaired) electrons. The summed E-state index contributed by atoms with van der Waals surface area (Å²) in [7, 11) is 3.10. The molecule has 0 aliphatic carbocycles. The van der Waals surface area contributed by atoms with E-state index in [9.17, 15) is 4.79 Å². The Morgan fingerprint density at radius 3 is 2.33 bits per heavy atom. The van der Waals surface area contributed by atoms with Crippen LogP contribution in [-0.2, 0) is 6.54 Å². The summed E-state index contributed by atoms with van der Waals surface area (Å²) in [5.41, 5.74) is 1.41. The molecule has 0 unspecified atom stereocenters. The lowest BCUT2D eigenvalue weighted by Crippen LogP contribution is -2.46. The molecule has 1 aliphatic rings. The van der Waals surface area contributed by atoms with Gasteiger partial charge in [-0.25, -0.2) is 4.79 Å². The Morgan fingerprint density at radius 2 is 1.63 bits per heavy atom. The van der Waals surface area contributed by atoms with E-state index < -0.39 is 5.97 Å². The Hall–Kier alpha value is -2.28. The van der Waals surface area contributed by atoms with Gasteiger partial charge in [-0.1, -0.05) is 18.2 Å². The van der Waals surface area contributed by atoms with E-state index in [2.05, 4.69) is 9.80 Å². The third-order valence-corrected chi connectivity index (χ3v) is 5.53. The predicted octanol–water partition coefficient (Wildman–Crippen LogP) is 3.67. The van der Waals surface area contributed by atoms with Crippen molar-refractivity contribution < 1.29 is 19.0 Å². The molecule has 1 saturated heterocycles. The van der Waals surface area contributed by atoms with Gasteiger partial charge in [0.1, 0.15) is 5.75 Å². The number of ether oxygens (including phenoxy) is 3. The minimum absolute atomic E-state index is 0.412. The molecule has 6 nitrogen and oxygen atoms in total. The van der Waals surface area contributed by atoms with Gasteiger partial charge in [0.15, 0.2) is 11.5 Å². The number of nitrogens with zero attached hydrogens (tertiary/aromatic N) is 2. The van der Waals surface area contributed by atoms with Crippen LogP contribution in [0.1, 0.15) is 22.3 Å². The molecule has 0 spiro atoms. The van der Waals surface area contributed by atoms with E-state index in [-0.39, 0.29) is 0 Å². The predicted molar refractivity (Wildman–Crippen MR) is 118 cm³/mol. The van der Waals surface area contributed by atoms with E-state index >= 15 is 0 Å². The van der Waals surface area contributed by atoms with Gasteiger partial charge in [0.25, 0.3) is 0 Å². The first-order valence-corrected chi connectivity index (χ1v) is 10.7. The third-order valence-electron chi connectivity index (χ3n) is 5.26.